The first-order valence-corrected chi connectivity index (χ1v) is 7.01. The van der Waals surface area contributed by atoms with Crippen molar-refractivity contribution in [2.45, 2.75) is 6.54 Å². The molecule has 0 amide bonds. The van der Waals surface area contributed by atoms with Crippen molar-refractivity contribution >= 4 is 17.1 Å². The minimum atomic E-state index is -0.332. The fourth-order valence-corrected chi connectivity index (χ4v) is 2.39. The van der Waals surface area contributed by atoms with Crippen LogP contribution in [-0.2, 0) is 13.6 Å². The molecular formula is C15H17N5O2. The van der Waals surface area contributed by atoms with Gasteiger partial charge >= 0.3 is 5.56 Å². The Bertz CT molecular complexity index is 838. The number of fused-ring (bicyclic) bond motifs is 1. The number of nitrogens with zero attached hydrogens (tertiary/aromatic N) is 4. The number of anilines is 1. The summed E-state index contributed by atoms with van der Waals surface area (Å²) >= 11 is 0. The summed E-state index contributed by atoms with van der Waals surface area (Å²) in [7, 11) is 1.79. The molecule has 0 saturated carbocycles. The van der Waals surface area contributed by atoms with Gasteiger partial charge in [-0.25, -0.2) is 4.98 Å². The molecule has 3 rings (SSSR count). The Morgan fingerprint density at radius 3 is 2.77 bits per heavy atom. The van der Waals surface area contributed by atoms with E-state index < -0.39 is 0 Å². The van der Waals surface area contributed by atoms with Gasteiger partial charge in [0.1, 0.15) is 0 Å². The van der Waals surface area contributed by atoms with Crippen LogP contribution < -0.4 is 10.9 Å². The molecule has 0 radical (unpaired) electrons. The number of aryl methyl sites for hydroxylation is 1. The SMILES string of the molecule is Cn1c(NCCO)nc(=O)c2c1ncn2Cc1ccccc1. The molecule has 3 aromatic rings. The van der Waals surface area contributed by atoms with Crippen molar-refractivity contribution in [3.63, 3.8) is 0 Å². The molecule has 0 unspecified atom stereocenters. The number of aliphatic hydroxyl groups excluding tert-OH is 1. The van der Waals surface area contributed by atoms with E-state index in [4.69, 9.17) is 5.11 Å². The highest BCUT2D eigenvalue weighted by molar-refractivity contribution is 5.72. The highest BCUT2D eigenvalue weighted by atomic mass is 16.3. The van der Waals surface area contributed by atoms with Gasteiger partial charge in [-0.15, -0.1) is 0 Å². The summed E-state index contributed by atoms with van der Waals surface area (Å²) in [5, 5.41) is 11.8. The van der Waals surface area contributed by atoms with Crippen LogP contribution in [0.1, 0.15) is 5.56 Å². The molecular weight excluding hydrogens is 282 g/mol. The Labute approximate surface area is 126 Å². The molecule has 7 heteroatoms. The second-order valence-electron chi connectivity index (χ2n) is 4.98. The van der Waals surface area contributed by atoms with E-state index in [0.29, 0.717) is 30.2 Å². The Hall–Kier alpha value is -2.67. The summed E-state index contributed by atoms with van der Waals surface area (Å²) in [5.74, 6) is 0.400. The molecule has 2 aromatic heterocycles. The van der Waals surface area contributed by atoms with Crippen molar-refractivity contribution in [3.05, 3.63) is 52.6 Å². The lowest BCUT2D eigenvalue weighted by molar-refractivity contribution is 0.310. The summed E-state index contributed by atoms with van der Waals surface area (Å²) < 4.78 is 3.52. The van der Waals surface area contributed by atoms with E-state index in [9.17, 15) is 4.79 Å². The molecule has 0 spiro atoms. The van der Waals surface area contributed by atoms with E-state index in [-0.39, 0.29) is 12.2 Å². The summed E-state index contributed by atoms with van der Waals surface area (Å²) in [4.78, 5) is 20.7. The van der Waals surface area contributed by atoms with Gasteiger partial charge in [0, 0.05) is 20.1 Å². The number of nitrogens with one attached hydrogen (secondary N) is 1. The Balaban J connectivity index is 2.04. The molecule has 0 aliphatic heterocycles. The van der Waals surface area contributed by atoms with Gasteiger partial charge in [-0.05, 0) is 5.56 Å². The molecule has 2 N–H and O–H groups in total. The van der Waals surface area contributed by atoms with Gasteiger partial charge < -0.3 is 15.0 Å². The first-order chi connectivity index (χ1) is 10.7. The van der Waals surface area contributed by atoms with Crippen LogP contribution in [0.25, 0.3) is 11.2 Å². The number of hydrogen-bond acceptors (Lipinski definition) is 5. The normalized spacial score (nSPS) is 11.0. The van der Waals surface area contributed by atoms with Gasteiger partial charge in [0.15, 0.2) is 11.2 Å². The van der Waals surface area contributed by atoms with Gasteiger partial charge in [0.2, 0.25) is 5.95 Å². The predicted molar refractivity (Wildman–Crippen MR) is 83.9 cm³/mol. The lowest BCUT2D eigenvalue weighted by Crippen LogP contribution is -2.21. The maximum Gasteiger partial charge on any atom is 0.300 e. The number of benzene rings is 1. The third kappa shape index (κ3) is 2.58. The van der Waals surface area contributed by atoms with E-state index in [2.05, 4.69) is 15.3 Å². The topological polar surface area (TPSA) is 85.0 Å². The van der Waals surface area contributed by atoms with Crippen molar-refractivity contribution in [2.24, 2.45) is 7.05 Å². The number of aliphatic hydroxyl groups is 1. The second-order valence-corrected chi connectivity index (χ2v) is 4.98. The molecule has 0 aliphatic carbocycles. The first-order valence-electron chi connectivity index (χ1n) is 7.01. The van der Waals surface area contributed by atoms with Crippen LogP contribution in [0, 0.1) is 0 Å². The van der Waals surface area contributed by atoms with Crippen LogP contribution in [0.15, 0.2) is 41.5 Å². The summed E-state index contributed by atoms with van der Waals surface area (Å²) in [6.07, 6.45) is 1.65. The van der Waals surface area contributed by atoms with E-state index in [0.717, 1.165) is 5.56 Å². The average molecular weight is 299 g/mol. The molecule has 2 heterocycles. The smallest absolute Gasteiger partial charge is 0.300 e. The van der Waals surface area contributed by atoms with Crippen LogP contribution in [0.3, 0.4) is 0 Å². The third-order valence-electron chi connectivity index (χ3n) is 3.45. The molecule has 0 saturated heterocycles. The largest absolute Gasteiger partial charge is 0.395 e. The van der Waals surface area contributed by atoms with E-state index in [1.165, 1.54) is 0 Å². The quantitative estimate of drug-likeness (QED) is 0.720. The number of hydrogen-bond donors (Lipinski definition) is 2. The Kier molecular flexibility index (Phi) is 3.88. The van der Waals surface area contributed by atoms with Gasteiger partial charge in [-0.1, -0.05) is 30.3 Å². The minimum Gasteiger partial charge on any atom is -0.395 e. The zero-order valence-corrected chi connectivity index (χ0v) is 12.2. The van der Waals surface area contributed by atoms with Gasteiger partial charge in [-0.2, -0.15) is 4.98 Å². The lowest BCUT2D eigenvalue weighted by Gasteiger charge is -2.10. The predicted octanol–water partition coefficient (Wildman–Crippen LogP) is 0.582. The molecule has 0 aliphatic rings. The zero-order chi connectivity index (χ0) is 15.5. The summed E-state index contributed by atoms with van der Waals surface area (Å²) in [5.41, 5.74) is 1.80. The van der Waals surface area contributed by atoms with Crippen LogP contribution in [0.5, 0.6) is 0 Å². The van der Waals surface area contributed by atoms with Crippen molar-refractivity contribution in [1.82, 2.24) is 19.1 Å². The van der Waals surface area contributed by atoms with Crippen molar-refractivity contribution < 1.29 is 5.11 Å². The monoisotopic (exact) mass is 299 g/mol. The standard InChI is InChI=1S/C15H17N5O2/c1-19-13-12(14(22)18-15(19)16-7-8-21)20(10-17-13)9-11-5-3-2-4-6-11/h2-6,10,21H,7-9H2,1H3,(H,16,18,22). The number of rotatable bonds is 5. The summed E-state index contributed by atoms with van der Waals surface area (Å²) in [6.45, 7) is 0.866. The first kappa shape index (κ1) is 14.3. The molecule has 22 heavy (non-hydrogen) atoms. The fourth-order valence-electron chi connectivity index (χ4n) is 2.39. The van der Waals surface area contributed by atoms with E-state index >= 15 is 0 Å². The van der Waals surface area contributed by atoms with Gasteiger partial charge in [0.25, 0.3) is 0 Å². The molecule has 0 atom stereocenters. The maximum absolute atomic E-state index is 12.3. The maximum atomic E-state index is 12.3. The number of aromatic nitrogens is 4. The third-order valence-corrected chi connectivity index (χ3v) is 3.45. The van der Waals surface area contributed by atoms with Crippen molar-refractivity contribution in [2.75, 3.05) is 18.5 Å². The molecule has 114 valence electrons. The van der Waals surface area contributed by atoms with Crippen LogP contribution in [0.4, 0.5) is 5.95 Å². The second kappa shape index (κ2) is 5.98. The van der Waals surface area contributed by atoms with Gasteiger partial charge in [0.05, 0.1) is 12.9 Å². The van der Waals surface area contributed by atoms with E-state index in [1.54, 1.807) is 22.5 Å². The Morgan fingerprint density at radius 2 is 2.05 bits per heavy atom. The number of imidazole rings is 1. The zero-order valence-electron chi connectivity index (χ0n) is 12.2. The highest BCUT2D eigenvalue weighted by Crippen LogP contribution is 2.13. The van der Waals surface area contributed by atoms with Crippen molar-refractivity contribution in [1.29, 1.82) is 0 Å². The van der Waals surface area contributed by atoms with E-state index in [1.807, 2.05) is 30.3 Å². The van der Waals surface area contributed by atoms with Crippen LogP contribution in [0.2, 0.25) is 0 Å². The summed E-state index contributed by atoms with van der Waals surface area (Å²) in [6, 6.07) is 9.88. The minimum absolute atomic E-state index is 0.0314. The Morgan fingerprint density at radius 1 is 1.27 bits per heavy atom. The lowest BCUT2D eigenvalue weighted by atomic mass is 10.2. The van der Waals surface area contributed by atoms with Gasteiger partial charge in [-0.3, -0.25) is 9.36 Å². The molecule has 7 nitrogen and oxygen atoms in total. The fraction of sp³-hybridized carbons (Fsp3) is 0.267. The molecule has 0 bridgehead atoms. The average Bonchev–Trinajstić information content (AvgIpc) is 2.95. The van der Waals surface area contributed by atoms with Crippen molar-refractivity contribution in [3.8, 4) is 0 Å². The highest BCUT2D eigenvalue weighted by Gasteiger charge is 2.13. The molecule has 1 aromatic carbocycles. The molecule has 0 fully saturated rings. The van der Waals surface area contributed by atoms with Crippen LogP contribution >= 0.6 is 0 Å². The van der Waals surface area contributed by atoms with Crippen LogP contribution in [-0.4, -0.2) is 37.4 Å².